The molecule has 0 bridgehead atoms. The van der Waals surface area contributed by atoms with Gasteiger partial charge in [-0.3, -0.25) is 0 Å². The molecule has 8 heteroatoms. The van der Waals surface area contributed by atoms with Crippen LogP contribution in [0.5, 0.6) is 17.2 Å². The summed E-state index contributed by atoms with van der Waals surface area (Å²) in [7, 11) is 0. The Morgan fingerprint density at radius 1 is 1.20 bits per heavy atom. The van der Waals surface area contributed by atoms with Crippen LogP contribution in [0.4, 0.5) is 0 Å². The van der Waals surface area contributed by atoms with Gasteiger partial charge in [0.05, 0.1) is 30.6 Å². The van der Waals surface area contributed by atoms with Crippen molar-refractivity contribution in [1.82, 2.24) is 9.38 Å². The van der Waals surface area contributed by atoms with E-state index in [1.54, 1.807) is 47.1 Å². The maximum Gasteiger partial charge on any atom is 0.339 e. The SMILES string of the molecule is Cc1ncc2cc(C(=O)O)c(Oc3ccc(OCCOC4CCOCC4)cc3)cn12. The second kappa shape index (κ2) is 9.15. The minimum atomic E-state index is -1.06. The van der Waals surface area contributed by atoms with Crippen molar-refractivity contribution >= 4 is 11.5 Å². The topological polar surface area (TPSA) is 91.5 Å². The molecule has 2 aromatic heterocycles. The third kappa shape index (κ3) is 4.72. The number of fused-ring (bicyclic) bond motifs is 1. The van der Waals surface area contributed by atoms with E-state index in [-0.39, 0.29) is 17.4 Å². The molecular formula is C22H24N2O6. The van der Waals surface area contributed by atoms with E-state index in [2.05, 4.69) is 4.98 Å². The number of hydrogen-bond acceptors (Lipinski definition) is 6. The summed E-state index contributed by atoms with van der Waals surface area (Å²) in [4.78, 5) is 15.8. The van der Waals surface area contributed by atoms with Crippen LogP contribution >= 0.6 is 0 Å². The van der Waals surface area contributed by atoms with Gasteiger partial charge in [-0.1, -0.05) is 0 Å². The predicted molar refractivity (Wildman–Crippen MR) is 109 cm³/mol. The molecular weight excluding hydrogens is 388 g/mol. The standard InChI is InChI=1S/C22H24N2O6/c1-15-23-13-16-12-20(22(25)26)21(14-24(15)16)30-19-4-2-17(3-5-19)28-10-11-29-18-6-8-27-9-7-18/h2-5,12-14,18H,6-11H2,1H3,(H,25,26). The fourth-order valence-corrected chi connectivity index (χ4v) is 3.35. The number of nitrogens with zero attached hydrogens (tertiary/aromatic N) is 2. The van der Waals surface area contributed by atoms with E-state index in [9.17, 15) is 9.90 Å². The van der Waals surface area contributed by atoms with Crippen LogP contribution in [0.1, 0.15) is 29.0 Å². The van der Waals surface area contributed by atoms with Crippen LogP contribution in [0, 0.1) is 6.92 Å². The van der Waals surface area contributed by atoms with Crippen molar-refractivity contribution in [1.29, 1.82) is 0 Å². The fourth-order valence-electron chi connectivity index (χ4n) is 3.35. The summed E-state index contributed by atoms with van der Waals surface area (Å²) in [6, 6.07) is 8.60. The summed E-state index contributed by atoms with van der Waals surface area (Å²) >= 11 is 0. The zero-order chi connectivity index (χ0) is 20.9. The molecule has 3 heterocycles. The fraction of sp³-hybridized carbons (Fsp3) is 0.364. The summed E-state index contributed by atoms with van der Waals surface area (Å²) in [6.45, 7) is 4.33. The van der Waals surface area contributed by atoms with E-state index in [1.165, 1.54) is 0 Å². The molecule has 0 saturated carbocycles. The number of carboxylic acid groups (broad SMARTS) is 1. The molecule has 0 amide bonds. The lowest BCUT2D eigenvalue weighted by Gasteiger charge is -2.22. The van der Waals surface area contributed by atoms with Crippen molar-refractivity contribution in [2.75, 3.05) is 26.4 Å². The summed E-state index contributed by atoms with van der Waals surface area (Å²) < 4.78 is 24.4. The van der Waals surface area contributed by atoms with E-state index in [4.69, 9.17) is 18.9 Å². The molecule has 1 aliphatic rings. The number of carbonyl (C=O) groups is 1. The molecule has 0 radical (unpaired) electrons. The first-order valence-electron chi connectivity index (χ1n) is 9.91. The second-order valence-electron chi connectivity index (χ2n) is 7.06. The molecule has 3 aromatic rings. The van der Waals surface area contributed by atoms with Gasteiger partial charge in [0, 0.05) is 13.2 Å². The van der Waals surface area contributed by atoms with Crippen LogP contribution in [-0.2, 0) is 9.47 Å². The number of pyridine rings is 1. The number of carboxylic acids is 1. The Labute approximate surface area is 174 Å². The molecule has 8 nitrogen and oxygen atoms in total. The van der Waals surface area contributed by atoms with Gasteiger partial charge >= 0.3 is 5.97 Å². The lowest BCUT2D eigenvalue weighted by molar-refractivity contribution is -0.0388. The number of imidazole rings is 1. The Morgan fingerprint density at radius 2 is 1.93 bits per heavy atom. The van der Waals surface area contributed by atoms with Crippen LogP contribution < -0.4 is 9.47 Å². The van der Waals surface area contributed by atoms with E-state index in [0.717, 1.165) is 31.9 Å². The van der Waals surface area contributed by atoms with E-state index in [0.29, 0.717) is 30.2 Å². The number of hydrogen-bond donors (Lipinski definition) is 1. The molecule has 4 rings (SSSR count). The molecule has 1 N–H and O–H groups in total. The third-order valence-electron chi connectivity index (χ3n) is 4.97. The first-order valence-corrected chi connectivity index (χ1v) is 9.91. The van der Waals surface area contributed by atoms with Crippen molar-refractivity contribution in [2.24, 2.45) is 0 Å². The highest BCUT2D eigenvalue weighted by molar-refractivity contribution is 5.92. The number of aryl methyl sites for hydroxylation is 1. The van der Waals surface area contributed by atoms with Crippen LogP contribution in [0.15, 0.2) is 42.7 Å². The second-order valence-corrected chi connectivity index (χ2v) is 7.06. The lowest BCUT2D eigenvalue weighted by atomic mass is 10.2. The van der Waals surface area contributed by atoms with Crippen LogP contribution in [0.2, 0.25) is 0 Å². The smallest absolute Gasteiger partial charge is 0.339 e. The Balaban J connectivity index is 1.36. The highest BCUT2D eigenvalue weighted by atomic mass is 16.5. The Bertz CT molecular complexity index is 1010. The molecule has 0 spiro atoms. The zero-order valence-electron chi connectivity index (χ0n) is 16.7. The zero-order valence-corrected chi connectivity index (χ0v) is 16.7. The van der Waals surface area contributed by atoms with Gasteiger partial charge in [0.15, 0.2) is 5.75 Å². The molecule has 1 saturated heterocycles. The number of aromatic nitrogens is 2. The van der Waals surface area contributed by atoms with Crippen molar-refractivity contribution in [3.05, 3.63) is 54.1 Å². The van der Waals surface area contributed by atoms with Crippen molar-refractivity contribution in [2.45, 2.75) is 25.9 Å². The largest absolute Gasteiger partial charge is 0.491 e. The van der Waals surface area contributed by atoms with Crippen molar-refractivity contribution in [3.8, 4) is 17.2 Å². The molecule has 0 aliphatic carbocycles. The summed E-state index contributed by atoms with van der Waals surface area (Å²) in [5, 5.41) is 9.52. The average molecular weight is 412 g/mol. The van der Waals surface area contributed by atoms with Gasteiger partial charge in [0.1, 0.15) is 29.5 Å². The van der Waals surface area contributed by atoms with Gasteiger partial charge in [0.25, 0.3) is 0 Å². The third-order valence-corrected chi connectivity index (χ3v) is 4.97. The molecule has 158 valence electrons. The molecule has 1 fully saturated rings. The maximum absolute atomic E-state index is 11.6. The Kier molecular flexibility index (Phi) is 6.15. The summed E-state index contributed by atoms with van der Waals surface area (Å²) in [5.41, 5.74) is 0.775. The highest BCUT2D eigenvalue weighted by Gasteiger charge is 2.16. The van der Waals surface area contributed by atoms with Gasteiger partial charge in [-0.2, -0.15) is 0 Å². The van der Waals surface area contributed by atoms with Gasteiger partial charge in [-0.25, -0.2) is 9.78 Å². The number of benzene rings is 1. The van der Waals surface area contributed by atoms with Crippen LogP contribution in [-0.4, -0.2) is 53.0 Å². The number of rotatable bonds is 8. The van der Waals surface area contributed by atoms with Gasteiger partial charge < -0.3 is 28.5 Å². The van der Waals surface area contributed by atoms with Gasteiger partial charge in [0.2, 0.25) is 0 Å². The van der Waals surface area contributed by atoms with Gasteiger partial charge in [-0.15, -0.1) is 0 Å². The van der Waals surface area contributed by atoms with E-state index < -0.39 is 5.97 Å². The predicted octanol–water partition coefficient (Wildman–Crippen LogP) is 3.71. The number of ether oxygens (including phenoxy) is 4. The maximum atomic E-state index is 11.6. The monoisotopic (exact) mass is 412 g/mol. The normalized spacial score (nSPS) is 14.7. The minimum absolute atomic E-state index is 0.0768. The molecule has 0 atom stereocenters. The molecule has 1 aromatic carbocycles. The van der Waals surface area contributed by atoms with Crippen LogP contribution in [0.25, 0.3) is 5.52 Å². The van der Waals surface area contributed by atoms with Gasteiger partial charge in [-0.05, 0) is 50.1 Å². The van der Waals surface area contributed by atoms with Crippen molar-refractivity contribution < 1.29 is 28.8 Å². The Morgan fingerprint density at radius 3 is 2.67 bits per heavy atom. The van der Waals surface area contributed by atoms with Crippen molar-refractivity contribution in [3.63, 3.8) is 0 Å². The molecule has 1 aliphatic heterocycles. The lowest BCUT2D eigenvalue weighted by Crippen LogP contribution is -2.25. The van der Waals surface area contributed by atoms with E-state index >= 15 is 0 Å². The summed E-state index contributed by atoms with van der Waals surface area (Å²) in [5.74, 6) is 1.14. The minimum Gasteiger partial charge on any atom is -0.491 e. The van der Waals surface area contributed by atoms with Crippen LogP contribution in [0.3, 0.4) is 0 Å². The summed E-state index contributed by atoms with van der Waals surface area (Å²) in [6.07, 6.45) is 5.37. The number of aromatic carboxylic acids is 1. The molecule has 30 heavy (non-hydrogen) atoms. The first-order chi connectivity index (χ1) is 14.6. The Hall–Kier alpha value is -3.10. The average Bonchev–Trinajstić information content (AvgIpc) is 3.12. The first kappa shape index (κ1) is 20.2. The molecule has 0 unspecified atom stereocenters. The quantitative estimate of drug-likeness (QED) is 0.564. The highest BCUT2D eigenvalue weighted by Crippen LogP contribution is 2.28. The van der Waals surface area contributed by atoms with E-state index in [1.807, 2.05) is 6.92 Å².